The Kier molecular flexibility index (Phi) is 19.1. The van der Waals surface area contributed by atoms with Gasteiger partial charge < -0.3 is 0 Å². The summed E-state index contributed by atoms with van der Waals surface area (Å²) < 4.78 is 0. The fourth-order valence-electron chi connectivity index (χ4n) is 3.32. The van der Waals surface area contributed by atoms with E-state index in [0.717, 1.165) is 12.8 Å². The maximum Gasteiger partial charge on any atom is 0.0655 e. The Hall–Kier alpha value is -0.510. The van der Waals surface area contributed by atoms with Crippen molar-refractivity contribution in [1.82, 2.24) is 0 Å². The van der Waals surface area contributed by atoms with Crippen LogP contribution in [-0.4, -0.2) is 0 Å². The third kappa shape index (κ3) is 17.7. The van der Waals surface area contributed by atoms with E-state index in [1.807, 2.05) is 0 Å². The average molecular weight is 322 g/mol. The number of rotatable bonds is 18. The van der Waals surface area contributed by atoms with Crippen molar-refractivity contribution in [1.29, 1.82) is 5.26 Å². The zero-order valence-electron chi connectivity index (χ0n) is 16.3. The first-order valence-corrected chi connectivity index (χ1v) is 10.7. The monoisotopic (exact) mass is 321 g/mol. The number of hydrogen-bond donors (Lipinski definition) is 0. The van der Waals surface area contributed by atoms with Gasteiger partial charge in [-0.25, -0.2) is 0 Å². The zero-order valence-corrected chi connectivity index (χ0v) is 16.3. The molecule has 0 N–H and O–H groups in total. The number of unbranched alkanes of at least 4 members (excludes halogenated alkanes) is 14. The highest BCUT2D eigenvalue weighted by Crippen LogP contribution is 2.19. The van der Waals surface area contributed by atoms with Crippen LogP contribution in [0.2, 0.25) is 0 Å². The van der Waals surface area contributed by atoms with Crippen molar-refractivity contribution in [3.8, 4) is 6.07 Å². The molecule has 1 heteroatoms. The summed E-state index contributed by atoms with van der Waals surface area (Å²) >= 11 is 0. The van der Waals surface area contributed by atoms with Crippen LogP contribution in [0.3, 0.4) is 0 Å². The van der Waals surface area contributed by atoms with Gasteiger partial charge in [0.25, 0.3) is 0 Å². The third-order valence-corrected chi connectivity index (χ3v) is 4.99. The largest absolute Gasteiger partial charge is 0.198 e. The molecule has 0 atom stereocenters. The van der Waals surface area contributed by atoms with Crippen LogP contribution in [0.25, 0.3) is 0 Å². The highest BCUT2D eigenvalue weighted by Gasteiger charge is 2.06. The number of hydrogen-bond acceptors (Lipinski definition) is 1. The highest BCUT2D eigenvalue weighted by atomic mass is 14.3. The predicted molar refractivity (Wildman–Crippen MR) is 104 cm³/mol. The summed E-state index contributed by atoms with van der Waals surface area (Å²) in [4.78, 5) is 0. The fourth-order valence-corrected chi connectivity index (χ4v) is 3.32. The Bertz CT molecular complexity index is 233. The maximum atomic E-state index is 9.28. The average Bonchev–Trinajstić information content (AvgIpc) is 2.57. The summed E-state index contributed by atoms with van der Waals surface area (Å²) in [5, 5.41) is 9.28. The zero-order chi connectivity index (χ0) is 17.0. The molecule has 0 aromatic carbocycles. The highest BCUT2D eigenvalue weighted by molar-refractivity contribution is 4.82. The van der Waals surface area contributed by atoms with E-state index in [0.29, 0.717) is 5.92 Å². The normalized spacial score (nSPS) is 11.0. The molecule has 0 rings (SSSR count). The van der Waals surface area contributed by atoms with Crippen LogP contribution in [0.5, 0.6) is 0 Å². The Morgan fingerprint density at radius 3 is 1.13 bits per heavy atom. The van der Waals surface area contributed by atoms with E-state index in [2.05, 4.69) is 19.9 Å². The van der Waals surface area contributed by atoms with Crippen LogP contribution >= 0.6 is 0 Å². The van der Waals surface area contributed by atoms with E-state index in [9.17, 15) is 5.26 Å². The molecule has 0 amide bonds. The van der Waals surface area contributed by atoms with Gasteiger partial charge in [-0.15, -0.1) is 0 Å². The molecule has 0 radical (unpaired) electrons. The van der Waals surface area contributed by atoms with Crippen LogP contribution in [0, 0.1) is 17.2 Å². The standard InChI is InChI=1S/C22H43N/c1-3-5-7-9-11-13-15-17-19-22(21-23)20-18-16-14-12-10-8-6-4-2/h22H,3-20H2,1-2H3. The van der Waals surface area contributed by atoms with Crippen molar-refractivity contribution in [3.05, 3.63) is 0 Å². The van der Waals surface area contributed by atoms with Gasteiger partial charge >= 0.3 is 0 Å². The second-order valence-corrected chi connectivity index (χ2v) is 7.35. The van der Waals surface area contributed by atoms with Gasteiger partial charge in [0, 0.05) is 5.92 Å². The van der Waals surface area contributed by atoms with Crippen molar-refractivity contribution in [2.45, 2.75) is 129 Å². The molecule has 0 aliphatic carbocycles. The third-order valence-electron chi connectivity index (χ3n) is 4.99. The lowest BCUT2D eigenvalue weighted by Gasteiger charge is -2.09. The van der Waals surface area contributed by atoms with Crippen LogP contribution in [-0.2, 0) is 0 Å². The molecule has 0 fully saturated rings. The van der Waals surface area contributed by atoms with E-state index < -0.39 is 0 Å². The summed E-state index contributed by atoms with van der Waals surface area (Å²) in [6, 6.07) is 2.54. The van der Waals surface area contributed by atoms with Gasteiger partial charge in [-0.05, 0) is 12.8 Å². The smallest absolute Gasteiger partial charge is 0.0655 e. The first kappa shape index (κ1) is 22.5. The van der Waals surface area contributed by atoms with Crippen LogP contribution in [0.4, 0.5) is 0 Å². The number of nitrogens with zero attached hydrogens (tertiary/aromatic N) is 1. The van der Waals surface area contributed by atoms with E-state index in [-0.39, 0.29) is 0 Å². The molecule has 0 aliphatic rings. The van der Waals surface area contributed by atoms with E-state index >= 15 is 0 Å². The molecule has 0 spiro atoms. The Labute approximate surface area is 147 Å². The van der Waals surface area contributed by atoms with Crippen LogP contribution in [0.1, 0.15) is 129 Å². The minimum absolute atomic E-state index is 0.329. The van der Waals surface area contributed by atoms with E-state index in [1.165, 1.54) is 103 Å². The number of nitriles is 1. The Balaban J connectivity index is 3.31. The van der Waals surface area contributed by atoms with Gasteiger partial charge in [0.05, 0.1) is 6.07 Å². The molecule has 0 aliphatic heterocycles. The molecule has 0 bridgehead atoms. The molecule has 23 heavy (non-hydrogen) atoms. The molecule has 0 aromatic heterocycles. The van der Waals surface area contributed by atoms with Gasteiger partial charge in [0.15, 0.2) is 0 Å². The molecule has 0 heterocycles. The predicted octanol–water partition coefficient (Wildman–Crippen LogP) is 8.19. The van der Waals surface area contributed by atoms with Crippen LogP contribution in [0.15, 0.2) is 0 Å². The minimum atomic E-state index is 0.329. The molecule has 136 valence electrons. The lowest BCUT2D eigenvalue weighted by molar-refractivity contribution is 0.469. The first-order chi connectivity index (χ1) is 11.3. The van der Waals surface area contributed by atoms with Gasteiger partial charge in [-0.2, -0.15) is 5.26 Å². The van der Waals surface area contributed by atoms with Crippen molar-refractivity contribution < 1.29 is 0 Å². The Morgan fingerprint density at radius 2 is 0.826 bits per heavy atom. The molecule has 0 unspecified atom stereocenters. The quantitative estimate of drug-likeness (QED) is 0.233. The summed E-state index contributed by atoms with van der Waals surface area (Å²) in [6.07, 6.45) is 24.1. The summed E-state index contributed by atoms with van der Waals surface area (Å²) in [7, 11) is 0. The topological polar surface area (TPSA) is 23.8 Å². The lowest BCUT2D eigenvalue weighted by atomic mass is 9.95. The molecule has 0 aromatic rings. The van der Waals surface area contributed by atoms with Crippen molar-refractivity contribution >= 4 is 0 Å². The minimum Gasteiger partial charge on any atom is -0.198 e. The summed E-state index contributed by atoms with van der Waals surface area (Å²) in [6.45, 7) is 4.54. The summed E-state index contributed by atoms with van der Waals surface area (Å²) in [5.74, 6) is 0.329. The maximum absolute atomic E-state index is 9.28. The molecule has 1 nitrogen and oxygen atoms in total. The molecule has 0 saturated carbocycles. The van der Waals surface area contributed by atoms with E-state index in [1.54, 1.807) is 0 Å². The van der Waals surface area contributed by atoms with Crippen molar-refractivity contribution in [3.63, 3.8) is 0 Å². The van der Waals surface area contributed by atoms with E-state index in [4.69, 9.17) is 0 Å². The molecule has 0 saturated heterocycles. The molecular weight excluding hydrogens is 278 g/mol. The fraction of sp³-hybridized carbons (Fsp3) is 0.955. The van der Waals surface area contributed by atoms with Crippen LogP contribution < -0.4 is 0 Å². The van der Waals surface area contributed by atoms with Gasteiger partial charge in [0.1, 0.15) is 0 Å². The SMILES string of the molecule is CCCCCCCCCCC(C#N)CCCCCCCCCC. The second-order valence-electron chi connectivity index (χ2n) is 7.35. The lowest BCUT2D eigenvalue weighted by Crippen LogP contribution is -1.97. The second kappa shape index (κ2) is 19.5. The van der Waals surface area contributed by atoms with Gasteiger partial charge in [-0.1, -0.05) is 117 Å². The first-order valence-electron chi connectivity index (χ1n) is 10.7. The van der Waals surface area contributed by atoms with Crippen molar-refractivity contribution in [2.24, 2.45) is 5.92 Å². The summed E-state index contributed by atoms with van der Waals surface area (Å²) in [5.41, 5.74) is 0. The van der Waals surface area contributed by atoms with Gasteiger partial charge in [0.2, 0.25) is 0 Å². The Morgan fingerprint density at radius 1 is 0.522 bits per heavy atom. The van der Waals surface area contributed by atoms with Gasteiger partial charge in [-0.3, -0.25) is 0 Å². The van der Waals surface area contributed by atoms with Crippen molar-refractivity contribution in [2.75, 3.05) is 0 Å². The molecular formula is C22H43N.